The smallest absolute Gasteiger partial charge is 0.295 e. The second kappa shape index (κ2) is 5.31. The van der Waals surface area contributed by atoms with Crippen LogP contribution in [0.2, 0.25) is 0 Å². The third-order valence-electron chi connectivity index (χ3n) is 2.70. The molecule has 6 nitrogen and oxygen atoms in total. The van der Waals surface area contributed by atoms with Crippen molar-refractivity contribution in [3.8, 4) is 6.07 Å². The Morgan fingerprint density at radius 1 is 1.53 bits per heavy atom. The summed E-state index contributed by atoms with van der Waals surface area (Å²) in [6.45, 7) is 3.73. The van der Waals surface area contributed by atoms with Gasteiger partial charge in [-0.1, -0.05) is 19.1 Å². The molecule has 1 amide bonds. The number of carbonyl (C=O) groups excluding carboxylic acids is 1. The number of aryl methyl sites for hydroxylation is 2. The first-order valence-corrected chi connectivity index (χ1v) is 5.88. The lowest BCUT2D eigenvalue weighted by atomic mass is 10.1. The van der Waals surface area contributed by atoms with E-state index >= 15 is 0 Å². The van der Waals surface area contributed by atoms with Gasteiger partial charge in [0, 0.05) is 6.42 Å². The zero-order chi connectivity index (χ0) is 13.8. The highest BCUT2D eigenvalue weighted by atomic mass is 16.2. The normalized spacial score (nSPS) is 9.95. The third kappa shape index (κ3) is 2.60. The maximum Gasteiger partial charge on any atom is 0.295 e. The molecule has 1 aromatic heterocycles. The predicted octanol–water partition coefficient (Wildman–Crippen LogP) is 1.80. The summed E-state index contributed by atoms with van der Waals surface area (Å²) in [7, 11) is 0. The monoisotopic (exact) mass is 255 g/mol. The molecule has 2 N–H and O–H groups in total. The molecule has 0 fully saturated rings. The van der Waals surface area contributed by atoms with Crippen molar-refractivity contribution in [2.75, 3.05) is 5.32 Å². The Labute approximate surface area is 110 Å². The number of nitriles is 1. The zero-order valence-corrected chi connectivity index (χ0v) is 10.7. The summed E-state index contributed by atoms with van der Waals surface area (Å²) in [6, 6.07) is 7.35. The summed E-state index contributed by atoms with van der Waals surface area (Å²) >= 11 is 0. The molecule has 0 unspecified atom stereocenters. The van der Waals surface area contributed by atoms with Gasteiger partial charge in [0.25, 0.3) is 5.91 Å². The Bertz CT molecular complexity index is 653. The van der Waals surface area contributed by atoms with Crippen molar-refractivity contribution in [2.45, 2.75) is 20.3 Å². The van der Waals surface area contributed by atoms with Gasteiger partial charge in [-0.25, -0.2) is 4.98 Å². The number of nitrogens with one attached hydrogen (secondary N) is 2. The standard InChI is InChI=1S/C13H13N5O/c1-3-11-16-12(18-17-11)13(19)15-10-6-4-5-8(2)9(10)7-14/h4-6H,3H2,1-2H3,(H,15,19)(H,16,17,18). The van der Waals surface area contributed by atoms with Gasteiger partial charge < -0.3 is 5.32 Å². The molecule has 1 aromatic carbocycles. The number of carbonyl (C=O) groups is 1. The van der Waals surface area contributed by atoms with Crippen LogP contribution in [-0.4, -0.2) is 21.1 Å². The fourth-order valence-corrected chi connectivity index (χ4v) is 1.65. The summed E-state index contributed by atoms with van der Waals surface area (Å²) in [5.74, 6) is 0.287. The van der Waals surface area contributed by atoms with E-state index in [0.29, 0.717) is 23.5 Å². The largest absolute Gasteiger partial charge is 0.318 e. The minimum absolute atomic E-state index is 0.0715. The molecule has 0 radical (unpaired) electrons. The molecule has 96 valence electrons. The number of anilines is 1. The van der Waals surface area contributed by atoms with Crippen LogP contribution >= 0.6 is 0 Å². The maximum atomic E-state index is 12.0. The van der Waals surface area contributed by atoms with E-state index in [9.17, 15) is 4.79 Å². The number of rotatable bonds is 3. The van der Waals surface area contributed by atoms with Crippen LogP contribution in [0.15, 0.2) is 18.2 Å². The molecular weight excluding hydrogens is 242 g/mol. The van der Waals surface area contributed by atoms with Gasteiger partial charge in [0.1, 0.15) is 11.9 Å². The molecule has 19 heavy (non-hydrogen) atoms. The van der Waals surface area contributed by atoms with Crippen LogP contribution in [0.5, 0.6) is 0 Å². The van der Waals surface area contributed by atoms with Crippen LogP contribution < -0.4 is 5.32 Å². The highest BCUT2D eigenvalue weighted by molar-refractivity contribution is 6.02. The van der Waals surface area contributed by atoms with Gasteiger partial charge in [-0.15, -0.1) is 5.10 Å². The van der Waals surface area contributed by atoms with Crippen molar-refractivity contribution in [2.24, 2.45) is 0 Å². The van der Waals surface area contributed by atoms with Crippen molar-refractivity contribution < 1.29 is 4.79 Å². The summed E-state index contributed by atoms with van der Waals surface area (Å²) in [5, 5.41) is 18.2. The van der Waals surface area contributed by atoms with Crippen LogP contribution in [0.4, 0.5) is 5.69 Å². The van der Waals surface area contributed by atoms with Crippen molar-refractivity contribution >= 4 is 11.6 Å². The number of amides is 1. The van der Waals surface area contributed by atoms with Crippen molar-refractivity contribution in [1.82, 2.24) is 15.2 Å². The van der Waals surface area contributed by atoms with Crippen molar-refractivity contribution in [3.63, 3.8) is 0 Å². The Morgan fingerprint density at radius 3 is 2.95 bits per heavy atom. The number of hydrogen-bond acceptors (Lipinski definition) is 4. The van der Waals surface area contributed by atoms with Gasteiger partial charge in [0.15, 0.2) is 0 Å². The van der Waals surface area contributed by atoms with Gasteiger partial charge in [0.2, 0.25) is 5.82 Å². The molecule has 0 aliphatic heterocycles. The Balaban J connectivity index is 2.24. The minimum Gasteiger partial charge on any atom is -0.318 e. The number of nitrogens with zero attached hydrogens (tertiary/aromatic N) is 3. The Hall–Kier alpha value is -2.68. The van der Waals surface area contributed by atoms with Gasteiger partial charge in [-0.05, 0) is 18.6 Å². The molecule has 0 spiro atoms. The molecule has 6 heteroatoms. The number of hydrogen-bond donors (Lipinski definition) is 2. The predicted molar refractivity (Wildman–Crippen MR) is 69.6 cm³/mol. The van der Waals surface area contributed by atoms with E-state index in [1.54, 1.807) is 12.1 Å². The Morgan fingerprint density at radius 2 is 2.32 bits per heavy atom. The van der Waals surface area contributed by atoms with E-state index in [-0.39, 0.29) is 5.82 Å². The van der Waals surface area contributed by atoms with Crippen molar-refractivity contribution in [1.29, 1.82) is 5.26 Å². The summed E-state index contributed by atoms with van der Waals surface area (Å²) < 4.78 is 0. The highest BCUT2D eigenvalue weighted by Crippen LogP contribution is 2.18. The SMILES string of the molecule is CCc1nc(C(=O)Nc2cccc(C)c2C#N)n[nH]1. The quantitative estimate of drug-likeness (QED) is 0.874. The van der Waals surface area contributed by atoms with Crippen LogP contribution in [-0.2, 0) is 6.42 Å². The van der Waals surface area contributed by atoms with E-state index in [1.807, 2.05) is 19.9 Å². The Kier molecular flexibility index (Phi) is 3.57. The molecule has 0 aliphatic rings. The number of benzene rings is 1. The number of aromatic amines is 1. The summed E-state index contributed by atoms with van der Waals surface area (Å²) in [5.41, 5.74) is 1.72. The molecule has 0 atom stereocenters. The molecule has 1 heterocycles. The third-order valence-corrected chi connectivity index (χ3v) is 2.70. The first kappa shape index (κ1) is 12.8. The van der Waals surface area contributed by atoms with Crippen LogP contribution in [0.3, 0.4) is 0 Å². The lowest BCUT2D eigenvalue weighted by Gasteiger charge is -2.06. The van der Waals surface area contributed by atoms with Crippen molar-refractivity contribution in [3.05, 3.63) is 41.0 Å². The van der Waals surface area contributed by atoms with E-state index < -0.39 is 5.91 Å². The molecule has 2 rings (SSSR count). The fraction of sp³-hybridized carbons (Fsp3) is 0.231. The zero-order valence-electron chi connectivity index (χ0n) is 10.7. The van der Waals surface area contributed by atoms with Gasteiger partial charge in [-0.3, -0.25) is 9.89 Å². The van der Waals surface area contributed by atoms with Crippen LogP contribution in [0.1, 0.15) is 34.5 Å². The second-order valence-corrected chi connectivity index (χ2v) is 4.02. The lowest BCUT2D eigenvalue weighted by molar-refractivity contribution is 0.101. The van der Waals surface area contributed by atoms with Crippen LogP contribution in [0.25, 0.3) is 0 Å². The fourth-order valence-electron chi connectivity index (χ4n) is 1.65. The molecular formula is C13H13N5O. The van der Waals surface area contributed by atoms with Gasteiger partial charge in [-0.2, -0.15) is 5.26 Å². The average Bonchev–Trinajstić information content (AvgIpc) is 2.88. The molecule has 2 aromatic rings. The lowest BCUT2D eigenvalue weighted by Crippen LogP contribution is -2.15. The van der Waals surface area contributed by atoms with Gasteiger partial charge in [0.05, 0.1) is 11.3 Å². The highest BCUT2D eigenvalue weighted by Gasteiger charge is 2.14. The first-order valence-electron chi connectivity index (χ1n) is 5.88. The molecule has 0 bridgehead atoms. The topological polar surface area (TPSA) is 94.5 Å². The summed E-state index contributed by atoms with van der Waals surface area (Å²) in [6.07, 6.45) is 0.675. The second-order valence-electron chi connectivity index (χ2n) is 4.02. The molecule has 0 saturated heterocycles. The number of aromatic nitrogens is 3. The van der Waals surface area contributed by atoms with Crippen LogP contribution in [0, 0.1) is 18.3 Å². The van der Waals surface area contributed by atoms with E-state index in [0.717, 1.165) is 5.56 Å². The number of H-pyrrole nitrogens is 1. The first-order chi connectivity index (χ1) is 9.15. The van der Waals surface area contributed by atoms with Gasteiger partial charge >= 0.3 is 0 Å². The molecule has 0 saturated carbocycles. The van der Waals surface area contributed by atoms with E-state index in [1.165, 1.54) is 0 Å². The average molecular weight is 255 g/mol. The molecule has 0 aliphatic carbocycles. The van der Waals surface area contributed by atoms with E-state index in [4.69, 9.17) is 5.26 Å². The maximum absolute atomic E-state index is 12.0. The van der Waals surface area contributed by atoms with E-state index in [2.05, 4.69) is 26.6 Å². The minimum atomic E-state index is -0.432. The summed E-state index contributed by atoms with van der Waals surface area (Å²) in [4.78, 5) is 16.0.